The third-order valence-electron chi connectivity index (χ3n) is 4.73. The first kappa shape index (κ1) is 18.4. The highest BCUT2D eigenvalue weighted by atomic mass is 16.5. The van der Waals surface area contributed by atoms with Crippen LogP contribution in [0.5, 0.6) is 11.5 Å². The molecule has 0 unspecified atom stereocenters. The van der Waals surface area contributed by atoms with Gasteiger partial charge in [-0.25, -0.2) is 0 Å². The van der Waals surface area contributed by atoms with Crippen molar-refractivity contribution < 1.29 is 14.3 Å². The monoisotopic (exact) mass is 355 g/mol. The van der Waals surface area contributed by atoms with Crippen LogP contribution in [0.25, 0.3) is 0 Å². The van der Waals surface area contributed by atoms with Crippen molar-refractivity contribution in [3.63, 3.8) is 0 Å². The quantitative estimate of drug-likeness (QED) is 0.799. The molecule has 0 spiro atoms. The standard InChI is InChI=1S/C20H25N3O3/c1-25-15-20(8-11-21-12-9-20)14-23-19(24)16-4-6-17(7-5-16)26-18-3-2-10-22-13-18/h2-7,10,13,21H,8-9,11-12,14-15H2,1H3,(H,23,24). The molecule has 1 aliphatic heterocycles. The van der Waals surface area contributed by atoms with E-state index in [1.54, 1.807) is 43.8 Å². The number of methoxy groups -OCH3 is 1. The summed E-state index contributed by atoms with van der Waals surface area (Å²) < 4.78 is 11.1. The summed E-state index contributed by atoms with van der Waals surface area (Å²) in [6, 6.07) is 10.8. The van der Waals surface area contributed by atoms with Crippen LogP contribution in [0.15, 0.2) is 48.8 Å². The number of carbonyl (C=O) groups is 1. The molecule has 2 aromatic rings. The Hall–Kier alpha value is -2.44. The highest BCUT2D eigenvalue weighted by Gasteiger charge is 2.32. The van der Waals surface area contributed by atoms with E-state index in [0.29, 0.717) is 30.2 Å². The molecule has 2 heterocycles. The van der Waals surface area contributed by atoms with Crippen molar-refractivity contribution >= 4 is 5.91 Å². The van der Waals surface area contributed by atoms with Crippen molar-refractivity contribution in [3.8, 4) is 11.5 Å². The lowest BCUT2D eigenvalue weighted by Crippen LogP contribution is -2.47. The number of nitrogens with one attached hydrogen (secondary N) is 2. The molecule has 2 N–H and O–H groups in total. The molecule has 1 aromatic heterocycles. The number of pyridine rings is 1. The summed E-state index contributed by atoms with van der Waals surface area (Å²) in [6.07, 6.45) is 5.34. The summed E-state index contributed by atoms with van der Waals surface area (Å²) in [5.41, 5.74) is 0.629. The Labute approximate surface area is 153 Å². The zero-order valence-corrected chi connectivity index (χ0v) is 15.0. The predicted octanol–water partition coefficient (Wildman–Crippen LogP) is 2.62. The molecule has 6 nitrogen and oxygen atoms in total. The number of piperidine rings is 1. The Bertz CT molecular complexity index is 692. The average Bonchev–Trinajstić information content (AvgIpc) is 2.69. The van der Waals surface area contributed by atoms with E-state index in [0.717, 1.165) is 25.9 Å². The zero-order chi connectivity index (χ0) is 18.2. The number of amides is 1. The lowest BCUT2D eigenvalue weighted by atomic mass is 9.79. The van der Waals surface area contributed by atoms with Crippen LogP contribution in [-0.4, -0.2) is 44.2 Å². The van der Waals surface area contributed by atoms with E-state index in [-0.39, 0.29) is 11.3 Å². The van der Waals surface area contributed by atoms with Crippen molar-refractivity contribution in [2.24, 2.45) is 5.41 Å². The summed E-state index contributed by atoms with van der Waals surface area (Å²) >= 11 is 0. The lowest BCUT2D eigenvalue weighted by molar-refractivity contribution is 0.0512. The molecule has 1 aliphatic rings. The fraction of sp³-hybridized carbons (Fsp3) is 0.400. The molecule has 0 bridgehead atoms. The first-order valence-electron chi connectivity index (χ1n) is 8.87. The van der Waals surface area contributed by atoms with E-state index >= 15 is 0 Å². The third-order valence-corrected chi connectivity index (χ3v) is 4.73. The molecule has 0 saturated carbocycles. The highest BCUT2D eigenvalue weighted by Crippen LogP contribution is 2.28. The molecular formula is C20H25N3O3. The normalized spacial score (nSPS) is 16.0. The molecule has 0 atom stereocenters. The molecule has 0 aliphatic carbocycles. The zero-order valence-electron chi connectivity index (χ0n) is 15.0. The Morgan fingerprint density at radius 1 is 1.19 bits per heavy atom. The number of hydrogen-bond donors (Lipinski definition) is 2. The lowest BCUT2D eigenvalue weighted by Gasteiger charge is -2.37. The number of ether oxygens (including phenoxy) is 2. The van der Waals surface area contributed by atoms with Gasteiger partial charge in [0, 0.05) is 30.8 Å². The molecule has 3 rings (SSSR count). The number of benzene rings is 1. The fourth-order valence-electron chi connectivity index (χ4n) is 3.22. The molecular weight excluding hydrogens is 330 g/mol. The van der Waals surface area contributed by atoms with Gasteiger partial charge in [0.05, 0.1) is 12.8 Å². The minimum absolute atomic E-state index is 0.0129. The minimum Gasteiger partial charge on any atom is -0.456 e. The Morgan fingerprint density at radius 2 is 1.96 bits per heavy atom. The molecule has 1 aromatic carbocycles. The Balaban J connectivity index is 1.57. The van der Waals surface area contributed by atoms with Crippen LogP contribution < -0.4 is 15.4 Å². The van der Waals surface area contributed by atoms with Gasteiger partial charge in [-0.1, -0.05) is 0 Å². The number of nitrogens with zero attached hydrogens (tertiary/aromatic N) is 1. The minimum atomic E-state index is -0.0769. The van der Waals surface area contributed by atoms with Gasteiger partial charge in [-0.3, -0.25) is 9.78 Å². The van der Waals surface area contributed by atoms with E-state index < -0.39 is 0 Å². The van der Waals surface area contributed by atoms with Gasteiger partial charge in [0.25, 0.3) is 5.91 Å². The molecule has 26 heavy (non-hydrogen) atoms. The van der Waals surface area contributed by atoms with Crippen LogP contribution in [0, 0.1) is 5.41 Å². The molecule has 138 valence electrons. The smallest absolute Gasteiger partial charge is 0.251 e. The van der Waals surface area contributed by atoms with E-state index in [2.05, 4.69) is 15.6 Å². The van der Waals surface area contributed by atoms with Gasteiger partial charge < -0.3 is 20.1 Å². The first-order chi connectivity index (χ1) is 12.7. The van der Waals surface area contributed by atoms with E-state index in [1.807, 2.05) is 12.1 Å². The SMILES string of the molecule is COCC1(CNC(=O)c2ccc(Oc3cccnc3)cc2)CCNCC1. The molecule has 1 saturated heterocycles. The van der Waals surface area contributed by atoms with Gasteiger partial charge in [0.2, 0.25) is 0 Å². The van der Waals surface area contributed by atoms with Crippen LogP contribution >= 0.6 is 0 Å². The van der Waals surface area contributed by atoms with Gasteiger partial charge >= 0.3 is 0 Å². The largest absolute Gasteiger partial charge is 0.456 e. The first-order valence-corrected chi connectivity index (χ1v) is 8.87. The molecule has 1 fully saturated rings. The topological polar surface area (TPSA) is 72.5 Å². The van der Waals surface area contributed by atoms with E-state index in [9.17, 15) is 4.79 Å². The van der Waals surface area contributed by atoms with Gasteiger partial charge in [0.15, 0.2) is 0 Å². The number of rotatable bonds is 7. The summed E-state index contributed by atoms with van der Waals surface area (Å²) in [5, 5.41) is 6.42. The maximum atomic E-state index is 12.5. The van der Waals surface area contributed by atoms with E-state index in [1.165, 1.54) is 0 Å². The van der Waals surface area contributed by atoms with Crippen molar-refractivity contribution in [2.75, 3.05) is 33.4 Å². The Morgan fingerprint density at radius 3 is 2.62 bits per heavy atom. The van der Waals surface area contributed by atoms with Crippen LogP contribution in [0.2, 0.25) is 0 Å². The van der Waals surface area contributed by atoms with Gasteiger partial charge in [-0.05, 0) is 62.3 Å². The van der Waals surface area contributed by atoms with Crippen molar-refractivity contribution in [2.45, 2.75) is 12.8 Å². The molecule has 1 amide bonds. The van der Waals surface area contributed by atoms with Crippen molar-refractivity contribution in [1.29, 1.82) is 0 Å². The number of carbonyl (C=O) groups excluding carboxylic acids is 1. The highest BCUT2D eigenvalue weighted by molar-refractivity contribution is 5.94. The van der Waals surface area contributed by atoms with Gasteiger partial charge in [-0.2, -0.15) is 0 Å². The van der Waals surface area contributed by atoms with Crippen LogP contribution in [0.3, 0.4) is 0 Å². The Kier molecular flexibility index (Phi) is 6.20. The maximum Gasteiger partial charge on any atom is 0.251 e. The maximum absolute atomic E-state index is 12.5. The third kappa shape index (κ3) is 4.80. The molecule has 6 heteroatoms. The fourth-order valence-corrected chi connectivity index (χ4v) is 3.22. The number of hydrogen-bond acceptors (Lipinski definition) is 5. The second-order valence-corrected chi connectivity index (χ2v) is 6.68. The van der Waals surface area contributed by atoms with Gasteiger partial charge in [-0.15, -0.1) is 0 Å². The van der Waals surface area contributed by atoms with Crippen LogP contribution in [0.1, 0.15) is 23.2 Å². The summed E-state index contributed by atoms with van der Waals surface area (Å²) in [5.74, 6) is 1.26. The summed E-state index contributed by atoms with van der Waals surface area (Å²) in [4.78, 5) is 16.5. The summed E-state index contributed by atoms with van der Waals surface area (Å²) in [7, 11) is 1.71. The second kappa shape index (κ2) is 8.78. The molecule has 0 radical (unpaired) electrons. The second-order valence-electron chi connectivity index (χ2n) is 6.68. The van der Waals surface area contributed by atoms with E-state index in [4.69, 9.17) is 9.47 Å². The van der Waals surface area contributed by atoms with Crippen molar-refractivity contribution in [3.05, 3.63) is 54.4 Å². The predicted molar refractivity (Wildman–Crippen MR) is 99.5 cm³/mol. The summed E-state index contributed by atoms with van der Waals surface area (Å²) in [6.45, 7) is 3.20. The van der Waals surface area contributed by atoms with Crippen molar-refractivity contribution in [1.82, 2.24) is 15.6 Å². The average molecular weight is 355 g/mol. The van der Waals surface area contributed by atoms with Gasteiger partial charge in [0.1, 0.15) is 11.5 Å². The number of aromatic nitrogens is 1. The van der Waals surface area contributed by atoms with Crippen LogP contribution in [0.4, 0.5) is 0 Å². The van der Waals surface area contributed by atoms with Crippen LogP contribution in [-0.2, 0) is 4.74 Å².